The van der Waals surface area contributed by atoms with Crippen molar-refractivity contribution in [1.29, 1.82) is 0 Å². The van der Waals surface area contributed by atoms with E-state index >= 15 is 0 Å². The summed E-state index contributed by atoms with van der Waals surface area (Å²) in [4.78, 5) is 32.5. The van der Waals surface area contributed by atoms with E-state index in [9.17, 15) is 9.59 Å². The molecule has 0 saturated carbocycles. The van der Waals surface area contributed by atoms with Crippen molar-refractivity contribution in [2.45, 2.75) is 39.3 Å². The summed E-state index contributed by atoms with van der Waals surface area (Å²) in [6.07, 6.45) is 2.08. The van der Waals surface area contributed by atoms with Crippen LogP contribution in [0.25, 0.3) is 11.3 Å². The lowest BCUT2D eigenvalue weighted by Crippen LogP contribution is -2.43. The van der Waals surface area contributed by atoms with Crippen molar-refractivity contribution in [3.63, 3.8) is 0 Å². The molecule has 29 heavy (non-hydrogen) atoms. The van der Waals surface area contributed by atoms with Crippen molar-refractivity contribution in [2.24, 2.45) is 0 Å². The van der Waals surface area contributed by atoms with Gasteiger partial charge in [-0.3, -0.25) is 14.5 Å². The third kappa shape index (κ3) is 5.74. The number of carbonyl (C=O) groups is 1. The number of rotatable bonds is 6. The number of nitrogens with zero attached hydrogens (tertiary/aromatic N) is 3. The van der Waals surface area contributed by atoms with Gasteiger partial charge < -0.3 is 14.6 Å². The lowest BCUT2D eigenvalue weighted by Gasteiger charge is -2.27. The van der Waals surface area contributed by atoms with E-state index in [1.807, 2.05) is 51.1 Å². The summed E-state index contributed by atoms with van der Waals surface area (Å²) in [5.74, 6) is -0.284. The van der Waals surface area contributed by atoms with Gasteiger partial charge in [-0.25, -0.2) is 4.98 Å². The molecule has 1 amide bonds. The van der Waals surface area contributed by atoms with Crippen molar-refractivity contribution in [3.8, 4) is 11.3 Å². The summed E-state index contributed by atoms with van der Waals surface area (Å²) in [5.41, 5.74) is 0.980. The molecule has 7 nitrogen and oxygen atoms in total. The largest absolute Gasteiger partial charge is 0.379 e. The van der Waals surface area contributed by atoms with E-state index in [1.165, 1.54) is 6.20 Å². The highest BCUT2D eigenvalue weighted by Gasteiger charge is 2.24. The smallest absolute Gasteiger partial charge is 0.270 e. The van der Waals surface area contributed by atoms with Crippen LogP contribution in [0.5, 0.6) is 0 Å². The highest BCUT2D eigenvalue weighted by Crippen LogP contribution is 2.21. The monoisotopic (exact) mass is 398 g/mol. The molecule has 0 spiro atoms. The van der Waals surface area contributed by atoms with Crippen molar-refractivity contribution >= 4 is 5.91 Å². The van der Waals surface area contributed by atoms with Gasteiger partial charge in [-0.05, 0) is 27.2 Å². The lowest BCUT2D eigenvalue weighted by atomic mass is 10.1. The number of benzene rings is 1. The molecule has 1 aliphatic heterocycles. The zero-order valence-corrected chi connectivity index (χ0v) is 17.5. The number of carbonyl (C=O) groups excluding carboxylic acids is 1. The fourth-order valence-electron chi connectivity index (χ4n) is 3.43. The molecular formula is C22H30N4O3. The Balaban J connectivity index is 1.92. The molecule has 1 aliphatic rings. The summed E-state index contributed by atoms with van der Waals surface area (Å²) in [7, 11) is 0. The quantitative estimate of drug-likeness (QED) is 0.807. The molecule has 0 bridgehead atoms. The predicted molar refractivity (Wildman–Crippen MR) is 113 cm³/mol. The van der Waals surface area contributed by atoms with Gasteiger partial charge in [0.25, 0.3) is 11.5 Å². The van der Waals surface area contributed by atoms with Gasteiger partial charge in [0.05, 0.1) is 25.1 Å². The van der Waals surface area contributed by atoms with Gasteiger partial charge in [-0.1, -0.05) is 30.3 Å². The van der Waals surface area contributed by atoms with E-state index in [1.54, 1.807) is 4.57 Å². The summed E-state index contributed by atoms with van der Waals surface area (Å²) < 4.78 is 6.95. The summed E-state index contributed by atoms with van der Waals surface area (Å²) in [6.45, 7) is 10.4. The average molecular weight is 399 g/mol. The minimum Gasteiger partial charge on any atom is -0.379 e. The van der Waals surface area contributed by atoms with E-state index in [2.05, 4.69) is 15.2 Å². The SMILES string of the molecule is CC(C)(C)NC(=O)c1c(-c2ccccc2)ncc(=O)n1CCCN1CCOCC1. The molecule has 0 aliphatic carbocycles. The molecule has 0 unspecified atom stereocenters. The predicted octanol–water partition coefficient (Wildman–Crippen LogP) is 2.16. The lowest BCUT2D eigenvalue weighted by molar-refractivity contribution is 0.0369. The maximum Gasteiger partial charge on any atom is 0.270 e. The topological polar surface area (TPSA) is 76.5 Å². The van der Waals surface area contributed by atoms with Crippen LogP contribution in [0.15, 0.2) is 41.3 Å². The van der Waals surface area contributed by atoms with Crippen LogP contribution in [-0.4, -0.2) is 58.7 Å². The normalized spacial score (nSPS) is 15.3. The van der Waals surface area contributed by atoms with Crippen LogP contribution < -0.4 is 10.9 Å². The summed E-state index contributed by atoms with van der Waals surface area (Å²) >= 11 is 0. The third-order valence-electron chi connectivity index (χ3n) is 4.77. The molecule has 2 aromatic rings. The molecule has 0 atom stereocenters. The van der Waals surface area contributed by atoms with Gasteiger partial charge in [-0.15, -0.1) is 0 Å². The molecule has 1 aromatic carbocycles. The molecule has 156 valence electrons. The van der Waals surface area contributed by atoms with Crippen LogP contribution in [0.1, 0.15) is 37.7 Å². The summed E-state index contributed by atoms with van der Waals surface area (Å²) in [5, 5.41) is 2.99. The molecule has 3 rings (SSSR count). The molecule has 7 heteroatoms. The van der Waals surface area contributed by atoms with Crippen molar-refractivity contribution in [3.05, 3.63) is 52.6 Å². The molecule has 0 radical (unpaired) electrons. The Bertz CT molecular complexity index is 881. The van der Waals surface area contributed by atoms with Crippen molar-refractivity contribution in [1.82, 2.24) is 19.8 Å². The highest BCUT2D eigenvalue weighted by molar-refractivity contribution is 5.98. The highest BCUT2D eigenvalue weighted by atomic mass is 16.5. The van der Waals surface area contributed by atoms with Gasteiger partial charge >= 0.3 is 0 Å². The van der Waals surface area contributed by atoms with Gasteiger partial charge in [-0.2, -0.15) is 0 Å². The minimum atomic E-state index is -0.421. The van der Waals surface area contributed by atoms with E-state index in [0.29, 0.717) is 17.9 Å². The van der Waals surface area contributed by atoms with Gasteiger partial charge in [0.2, 0.25) is 0 Å². The van der Waals surface area contributed by atoms with Crippen LogP contribution >= 0.6 is 0 Å². The molecule has 2 heterocycles. The Kier molecular flexibility index (Phi) is 6.82. The molecule has 1 N–H and O–H groups in total. The van der Waals surface area contributed by atoms with Gasteiger partial charge in [0, 0.05) is 37.3 Å². The van der Waals surface area contributed by atoms with E-state index < -0.39 is 5.54 Å². The number of ether oxygens (including phenoxy) is 1. The first-order valence-corrected chi connectivity index (χ1v) is 10.1. The van der Waals surface area contributed by atoms with E-state index in [-0.39, 0.29) is 11.5 Å². The Morgan fingerprint density at radius 3 is 2.48 bits per heavy atom. The van der Waals surface area contributed by atoms with Crippen LogP contribution in [-0.2, 0) is 11.3 Å². The number of hydrogen-bond donors (Lipinski definition) is 1. The number of amides is 1. The summed E-state index contributed by atoms with van der Waals surface area (Å²) in [6, 6.07) is 9.51. The van der Waals surface area contributed by atoms with E-state index in [0.717, 1.165) is 44.8 Å². The van der Waals surface area contributed by atoms with Crippen LogP contribution in [0.2, 0.25) is 0 Å². The second kappa shape index (κ2) is 9.33. The molecular weight excluding hydrogens is 368 g/mol. The maximum atomic E-state index is 13.2. The number of nitrogens with one attached hydrogen (secondary N) is 1. The molecule has 1 saturated heterocycles. The first-order chi connectivity index (χ1) is 13.8. The Labute approximate surface area is 171 Å². The van der Waals surface area contributed by atoms with Gasteiger partial charge in [0.15, 0.2) is 0 Å². The average Bonchev–Trinajstić information content (AvgIpc) is 2.69. The maximum absolute atomic E-state index is 13.2. The second-order valence-corrected chi connectivity index (χ2v) is 8.32. The number of aromatic nitrogens is 2. The fraction of sp³-hybridized carbons (Fsp3) is 0.500. The van der Waals surface area contributed by atoms with Crippen molar-refractivity contribution < 1.29 is 9.53 Å². The number of hydrogen-bond acceptors (Lipinski definition) is 5. The van der Waals surface area contributed by atoms with Crippen LogP contribution in [0, 0.1) is 0 Å². The standard InChI is InChI=1S/C22H30N4O3/c1-22(2,3)24-21(28)20-19(17-8-5-4-6-9-17)23-16-18(27)26(20)11-7-10-25-12-14-29-15-13-25/h4-6,8-9,16H,7,10-15H2,1-3H3,(H,24,28). The van der Waals surface area contributed by atoms with Gasteiger partial charge in [0.1, 0.15) is 5.69 Å². The first kappa shape index (κ1) is 21.2. The fourth-order valence-corrected chi connectivity index (χ4v) is 3.43. The Morgan fingerprint density at radius 2 is 1.83 bits per heavy atom. The molecule has 1 fully saturated rings. The van der Waals surface area contributed by atoms with Crippen LogP contribution in [0.3, 0.4) is 0 Å². The Hall–Kier alpha value is -2.51. The second-order valence-electron chi connectivity index (χ2n) is 8.32. The number of morpholine rings is 1. The zero-order valence-electron chi connectivity index (χ0n) is 17.5. The van der Waals surface area contributed by atoms with E-state index in [4.69, 9.17) is 4.74 Å². The third-order valence-corrected chi connectivity index (χ3v) is 4.77. The zero-order chi connectivity index (χ0) is 20.9. The minimum absolute atomic E-state index is 0.259. The molecule has 1 aromatic heterocycles. The first-order valence-electron chi connectivity index (χ1n) is 10.1. The van der Waals surface area contributed by atoms with Crippen molar-refractivity contribution in [2.75, 3.05) is 32.8 Å². The van der Waals surface area contributed by atoms with Crippen LogP contribution in [0.4, 0.5) is 0 Å². The Morgan fingerprint density at radius 1 is 1.14 bits per heavy atom.